The van der Waals surface area contributed by atoms with Gasteiger partial charge in [0, 0.05) is 30.8 Å². The van der Waals surface area contributed by atoms with Crippen LogP contribution in [0.2, 0.25) is 0 Å². The molecular weight excluding hydrogens is 443 g/mol. The second-order valence-corrected chi connectivity index (χ2v) is 9.74. The maximum Gasteiger partial charge on any atom is 0.194 e. The molecule has 2 aliphatic rings. The smallest absolute Gasteiger partial charge is 0.194 e. The van der Waals surface area contributed by atoms with E-state index in [9.17, 15) is 23.1 Å². The lowest BCUT2D eigenvalue weighted by atomic mass is 9.77. The molecule has 2 heterocycles. The fourth-order valence-electron chi connectivity index (χ4n) is 5.32. The molecule has 0 spiro atoms. The number of rotatable bonds is 8. The van der Waals surface area contributed by atoms with Gasteiger partial charge >= 0.3 is 0 Å². The predicted molar refractivity (Wildman–Crippen MR) is 123 cm³/mol. The van der Waals surface area contributed by atoms with Crippen molar-refractivity contribution in [1.82, 2.24) is 15.1 Å². The fraction of sp³-hybridized carbons (Fsp3) is 0.538. The Hall–Kier alpha value is -2.45. The van der Waals surface area contributed by atoms with Gasteiger partial charge in [-0.3, -0.25) is 9.89 Å². The number of β-amino-alcohol motifs (C(OH)–C–C–N with tert-alkyl or cyclic N) is 1. The Morgan fingerprint density at radius 1 is 1.12 bits per heavy atom. The van der Waals surface area contributed by atoms with Crippen LogP contribution in [0.15, 0.2) is 30.5 Å². The average Bonchev–Trinajstić information content (AvgIpc) is 3.37. The third-order valence-electron chi connectivity index (χ3n) is 7.39. The van der Waals surface area contributed by atoms with Crippen molar-refractivity contribution in [2.24, 2.45) is 11.8 Å². The van der Waals surface area contributed by atoms with Crippen molar-refractivity contribution in [1.29, 1.82) is 0 Å². The molecule has 0 amide bonds. The maximum absolute atomic E-state index is 13.3. The topological polar surface area (TPSA) is 69.2 Å². The summed E-state index contributed by atoms with van der Waals surface area (Å²) in [5.41, 5.74) is 1.31. The van der Waals surface area contributed by atoms with Gasteiger partial charge in [-0.2, -0.15) is 5.10 Å². The second-order valence-electron chi connectivity index (χ2n) is 9.74. The number of halogens is 3. The number of hydrogen-bond acceptors (Lipinski definition) is 4. The second kappa shape index (κ2) is 11.3. The zero-order chi connectivity index (χ0) is 24.1. The minimum Gasteiger partial charge on any atom is -0.392 e. The average molecular weight is 476 g/mol. The molecule has 4 rings (SSSR count). The molecule has 8 heteroatoms. The highest BCUT2D eigenvalue weighted by Crippen LogP contribution is 2.34. The van der Waals surface area contributed by atoms with E-state index in [1.54, 1.807) is 6.20 Å². The van der Waals surface area contributed by atoms with Crippen LogP contribution < -0.4 is 0 Å². The van der Waals surface area contributed by atoms with Crippen molar-refractivity contribution < 1.29 is 23.1 Å². The molecule has 184 valence electrons. The van der Waals surface area contributed by atoms with Crippen LogP contribution in [0, 0.1) is 29.3 Å². The molecule has 1 unspecified atom stereocenters. The van der Waals surface area contributed by atoms with Crippen LogP contribution in [-0.2, 0) is 4.79 Å². The first-order valence-electron chi connectivity index (χ1n) is 12.1. The van der Waals surface area contributed by atoms with E-state index in [0.717, 1.165) is 63.7 Å². The van der Waals surface area contributed by atoms with E-state index in [4.69, 9.17) is 0 Å². The Morgan fingerprint density at radius 2 is 1.79 bits per heavy atom. The molecule has 2 N–H and O–H groups in total. The summed E-state index contributed by atoms with van der Waals surface area (Å²) in [5, 5.41) is 17.9. The molecule has 1 aliphatic heterocycles. The molecule has 1 saturated heterocycles. The SMILES string of the molecule is O=C(/C=C/c1cc(F)c(F)c(F)c1)CC1CCC(C(O)CN2CCC(c3ccn[nH]3)CC2)CC1. The van der Waals surface area contributed by atoms with Crippen LogP contribution in [-0.4, -0.2) is 51.7 Å². The maximum atomic E-state index is 13.3. The first-order valence-corrected chi connectivity index (χ1v) is 12.1. The highest BCUT2D eigenvalue weighted by Gasteiger charge is 2.30. The van der Waals surface area contributed by atoms with E-state index in [0.29, 0.717) is 18.9 Å². The van der Waals surface area contributed by atoms with Gasteiger partial charge in [0.15, 0.2) is 23.2 Å². The van der Waals surface area contributed by atoms with Crippen molar-refractivity contribution in [3.8, 4) is 0 Å². The third-order valence-corrected chi connectivity index (χ3v) is 7.39. The molecule has 1 aromatic carbocycles. The molecule has 2 fully saturated rings. The monoisotopic (exact) mass is 475 g/mol. The Labute approximate surface area is 198 Å². The van der Waals surface area contributed by atoms with Gasteiger partial charge < -0.3 is 10.0 Å². The fourth-order valence-corrected chi connectivity index (χ4v) is 5.32. The van der Waals surface area contributed by atoms with Crippen LogP contribution in [0.1, 0.15) is 62.1 Å². The lowest BCUT2D eigenvalue weighted by molar-refractivity contribution is -0.115. The molecule has 1 atom stereocenters. The van der Waals surface area contributed by atoms with E-state index in [2.05, 4.69) is 15.1 Å². The summed E-state index contributed by atoms with van der Waals surface area (Å²) >= 11 is 0. The van der Waals surface area contributed by atoms with Gasteiger partial charge in [-0.05, 0) is 93.3 Å². The Kier molecular flexibility index (Phi) is 8.21. The molecule has 1 aromatic heterocycles. The van der Waals surface area contributed by atoms with E-state index in [-0.39, 0.29) is 29.3 Å². The number of aliphatic hydroxyl groups is 1. The number of aromatic nitrogens is 2. The molecule has 2 aromatic rings. The van der Waals surface area contributed by atoms with Crippen molar-refractivity contribution in [2.45, 2.75) is 57.0 Å². The number of ketones is 1. The molecular formula is C26H32F3N3O2. The number of aromatic amines is 1. The van der Waals surface area contributed by atoms with Crippen molar-refractivity contribution in [3.05, 3.63) is 59.2 Å². The number of likely N-dealkylation sites (tertiary alicyclic amines) is 1. The normalized spacial score (nSPS) is 23.4. The third kappa shape index (κ3) is 6.36. The lowest BCUT2D eigenvalue weighted by Gasteiger charge is -2.36. The number of allylic oxidation sites excluding steroid dienone is 1. The summed E-state index contributed by atoms with van der Waals surface area (Å²) in [7, 11) is 0. The van der Waals surface area contributed by atoms with E-state index in [1.165, 1.54) is 17.8 Å². The molecule has 0 radical (unpaired) electrons. The first kappa shape index (κ1) is 24.7. The first-order chi connectivity index (χ1) is 16.4. The van der Waals surface area contributed by atoms with Crippen molar-refractivity contribution >= 4 is 11.9 Å². The standard InChI is InChI=1S/C26H32F3N3O2/c27-22-14-18(15-23(28)26(22)29)3-6-21(33)13-17-1-4-20(5-2-17)25(34)16-32-11-8-19(9-12-32)24-7-10-30-31-24/h3,6-7,10,14-15,17,19-20,25,34H,1-2,4-5,8-9,11-13,16H2,(H,30,31)/b6-3+. The van der Waals surface area contributed by atoms with Gasteiger partial charge in [-0.15, -0.1) is 0 Å². The number of carbonyl (C=O) groups excluding carboxylic acids is 1. The highest BCUT2D eigenvalue weighted by molar-refractivity contribution is 5.93. The number of piperidine rings is 1. The van der Waals surface area contributed by atoms with Gasteiger partial charge in [0.1, 0.15) is 0 Å². The Bertz CT molecular complexity index is 956. The molecule has 5 nitrogen and oxygen atoms in total. The van der Waals surface area contributed by atoms with Crippen LogP contribution in [0.3, 0.4) is 0 Å². The number of benzene rings is 1. The quantitative estimate of drug-likeness (QED) is 0.423. The summed E-state index contributed by atoms with van der Waals surface area (Å²) in [6.07, 6.45) is 10.1. The minimum atomic E-state index is -1.51. The van der Waals surface area contributed by atoms with Crippen molar-refractivity contribution in [2.75, 3.05) is 19.6 Å². The number of carbonyl (C=O) groups is 1. The minimum absolute atomic E-state index is 0.116. The van der Waals surface area contributed by atoms with Gasteiger partial charge in [0.25, 0.3) is 0 Å². The number of nitrogens with zero attached hydrogens (tertiary/aromatic N) is 2. The Morgan fingerprint density at radius 3 is 2.41 bits per heavy atom. The van der Waals surface area contributed by atoms with Crippen LogP contribution in [0.4, 0.5) is 13.2 Å². The van der Waals surface area contributed by atoms with Crippen LogP contribution in [0.25, 0.3) is 6.08 Å². The van der Waals surface area contributed by atoms with Crippen molar-refractivity contribution in [3.63, 3.8) is 0 Å². The summed E-state index contributed by atoms with van der Waals surface area (Å²) in [6.45, 7) is 2.63. The summed E-state index contributed by atoms with van der Waals surface area (Å²) < 4.78 is 39.6. The van der Waals surface area contributed by atoms with Gasteiger partial charge in [-0.25, -0.2) is 13.2 Å². The Balaban J connectivity index is 1.17. The molecule has 1 saturated carbocycles. The summed E-state index contributed by atoms with van der Waals surface area (Å²) in [4.78, 5) is 14.6. The number of nitrogens with one attached hydrogen (secondary N) is 1. The van der Waals surface area contributed by atoms with Crippen LogP contribution >= 0.6 is 0 Å². The summed E-state index contributed by atoms with van der Waals surface area (Å²) in [6, 6.07) is 3.78. The van der Waals surface area contributed by atoms with Gasteiger partial charge in [0.2, 0.25) is 0 Å². The largest absolute Gasteiger partial charge is 0.392 e. The van der Waals surface area contributed by atoms with E-state index in [1.807, 2.05) is 6.07 Å². The molecule has 34 heavy (non-hydrogen) atoms. The van der Waals surface area contributed by atoms with E-state index >= 15 is 0 Å². The number of aliphatic hydroxyl groups excluding tert-OH is 1. The number of hydrogen-bond donors (Lipinski definition) is 2. The van der Waals surface area contributed by atoms with Gasteiger partial charge in [-0.1, -0.05) is 6.08 Å². The highest BCUT2D eigenvalue weighted by atomic mass is 19.2. The van der Waals surface area contributed by atoms with Crippen LogP contribution in [0.5, 0.6) is 0 Å². The summed E-state index contributed by atoms with van der Waals surface area (Å²) in [5.74, 6) is -3.17. The molecule has 0 bridgehead atoms. The number of H-pyrrole nitrogens is 1. The zero-order valence-corrected chi connectivity index (χ0v) is 19.2. The molecule has 1 aliphatic carbocycles. The van der Waals surface area contributed by atoms with E-state index < -0.39 is 17.5 Å². The van der Waals surface area contributed by atoms with Gasteiger partial charge in [0.05, 0.1) is 6.10 Å². The zero-order valence-electron chi connectivity index (χ0n) is 19.2. The lowest BCUT2D eigenvalue weighted by Crippen LogP contribution is -2.41. The predicted octanol–water partition coefficient (Wildman–Crippen LogP) is 4.85.